The Morgan fingerprint density at radius 3 is 2.50 bits per heavy atom. The number of carboxylic acid groups (broad SMARTS) is 1. The summed E-state index contributed by atoms with van der Waals surface area (Å²) in [5.74, 6) is -1.20. The molecule has 2 N–H and O–H groups in total. The standard InChI is InChI=1S/C22H22N2O5S/c25-22(26)15-24-19(13-17-7-2-4-9-21(17)24)14-18-12-16-6-1-3-8-20(16)23(18)10-5-11-30(27,28)29/h1-4,6-9,14H,5,10-13,15H2,(H-,25,26,27,28,29)/p+1. The quantitative estimate of drug-likeness (QED) is 0.521. The lowest BCUT2D eigenvalue weighted by Gasteiger charge is -2.21. The van der Waals surface area contributed by atoms with Crippen LogP contribution in [0.2, 0.25) is 0 Å². The van der Waals surface area contributed by atoms with Crippen LogP contribution in [0.3, 0.4) is 0 Å². The van der Waals surface area contributed by atoms with E-state index < -0.39 is 16.1 Å². The van der Waals surface area contributed by atoms with Crippen molar-refractivity contribution < 1.29 is 27.4 Å². The third-order valence-electron chi connectivity index (χ3n) is 5.41. The Labute approximate surface area is 175 Å². The van der Waals surface area contributed by atoms with Crippen LogP contribution in [0.1, 0.15) is 17.5 Å². The minimum absolute atomic E-state index is 0.119. The van der Waals surface area contributed by atoms with Crippen molar-refractivity contribution in [1.82, 2.24) is 0 Å². The summed E-state index contributed by atoms with van der Waals surface area (Å²) in [5, 5.41) is 9.40. The molecular formula is C22H23N2O5S+. The summed E-state index contributed by atoms with van der Waals surface area (Å²) in [6.45, 7) is 0.327. The number of carboxylic acids is 1. The lowest BCUT2D eigenvalue weighted by molar-refractivity contribution is -0.427. The first kappa shape index (κ1) is 20.3. The average molecular weight is 428 g/mol. The summed E-state index contributed by atoms with van der Waals surface area (Å²) in [6.07, 6.45) is 3.64. The molecule has 2 aliphatic rings. The molecule has 0 atom stereocenters. The van der Waals surface area contributed by atoms with Gasteiger partial charge in [0.05, 0.1) is 12.2 Å². The number of carbonyl (C=O) groups is 1. The molecule has 0 aromatic heterocycles. The highest BCUT2D eigenvalue weighted by molar-refractivity contribution is 7.85. The molecule has 0 radical (unpaired) electrons. The van der Waals surface area contributed by atoms with Gasteiger partial charge in [0.15, 0.2) is 5.71 Å². The number of hydrogen-bond acceptors (Lipinski definition) is 4. The van der Waals surface area contributed by atoms with Gasteiger partial charge in [-0.15, -0.1) is 0 Å². The molecule has 30 heavy (non-hydrogen) atoms. The highest BCUT2D eigenvalue weighted by atomic mass is 32.2. The van der Waals surface area contributed by atoms with Crippen molar-refractivity contribution in [2.75, 3.05) is 23.7 Å². The summed E-state index contributed by atoms with van der Waals surface area (Å²) in [5.41, 5.74) is 6.03. The Bertz CT molecular complexity index is 1170. The van der Waals surface area contributed by atoms with Gasteiger partial charge in [0.2, 0.25) is 12.2 Å². The monoisotopic (exact) mass is 427 g/mol. The van der Waals surface area contributed by atoms with Crippen LogP contribution in [0.15, 0.2) is 60.3 Å². The molecule has 0 spiro atoms. The predicted octanol–water partition coefficient (Wildman–Crippen LogP) is 2.64. The molecule has 156 valence electrons. The molecule has 2 aliphatic heterocycles. The molecule has 2 aromatic rings. The van der Waals surface area contributed by atoms with E-state index in [4.69, 9.17) is 4.55 Å². The third kappa shape index (κ3) is 4.29. The van der Waals surface area contributed by atoms with Gasteiger partial charge in [0.25, 0.3) is 10.1 Å². The van der Waals surface area contributed by atoms with Crippen LogP contribution in [-0.4, -0.2) is 53.2 Å². The Kier molecular flexibility index (Phi) is 5.44. The maximum absolute atomic E-state index is 11.5. The van der Waals surface area contributed by atoms with Crippen LogP contribution in [0.4, 0.5) is 11.4 Å². The van der Waals surface area contributed by atoms with Crippen molar-refractivity contribution in [1.29, 1.82) is 0 Å². The predicted molar refractivity (Wildman–Crippen MR) is 114 cm³/mol. The van der Waals surface area contributed by atoms with Crippen LogP contribution < -0.4 is 4.90 Å². The van der Waals surface area contributed by atoms with Gasteiger partial charge >= 0.3 is 5.97 Å². The van der Waals surface area contributed by atoms with Crippen molar-refractivity contribution in [2.24, 2.45) is 0 Å². The number of para-hydroxylation sites is 2. The maximum atomic E-state index is 11.5. The molecule has 4 rings (SSSR count). The molecule has 0 saturated heterocycles. The van der Waals surface area contributed by atoms with Gasteiger partial charge in [-0.1, -0.05) is 36.4 Å². The number of allylic oxidation sites excluding steroid dienone is 2. The first-order chi connectivity index (χ1) is 14.3. The summed E-state index contributed by atoms with van der Waals surface area (Å²) >= 11 is 0. The van der Waals surface area contributed by atoms with E-state index in [9.17, 15) is 18.3 Å². The number of anilines is 1. The fourth-order valence-corrected chi connectivity index (χ4v) is 4.67. The highest BCUT2D eigenvalue weighted by Gasteiger charge is 2.32. The van der Waals surface area contributed by atoms with Gasteiger partial charge in [0.1, 0.15) is 0 Å². The highest BCUT2D eigenvalue weighted by Crippen LogP contribution is 2.35. The maximum Gasteiger partial charge on any atom is 0.370 e. The normalized spacial score (nSPS) is 16.8. The molecule has 2 heterocycles. The second-order valence-corrected chi connectivity index (χ2v) is 9.08. The van der Waals surface area contributed by atoms with Crippen molar-refractivity contribution in [3.8, 4) is 0 Å². The van der Waals surface area contributed by atoms with Crippen molar-refractivity contribution in [3.05, 3.63) is 71.4 Å². The molecule has 0 fully saturated rings. The van der Waals surface area contributed by atoms with Crippen molar-refractivity contribution in [3.63, 3.8) is 0 Å². The largest absolute Gasteiger partial charge is 0.477 e. The molecule has 0 saturated carbocycles. The zero-order valence-corrected chi connectivity index (χ0v) is 17.2. The van der Waals surface area contributed by atoms with Crippen LogP contribution in [0.5, 0.6) is 0 Å². The van der Waals surface area contributed by atoms with E-state index in [1.165, 1.54) is 0 Å². The van der Waals surface area contributed by atoms with Crippen molar-refractivity contribution in [2.45, 2.75) is 19.3 Å². The average Bonchev–Trinajstić information content (AvgIpc) is 3.19. The first-order valence-electron chi connectivity index (χ1n) is 9.76. The Morgan fingerprint density at radius 2 is 1.77 bits per heavy atom. The van der Waals surface area contributed by atoms with E-state index in [1.807, 2.05) is 59.2 Å². The number of rotatable bonds is 7. The molecule has 7 nitrogen and oxygen atoms in total. The number of benzene rings is 2. The van der Waals surface area contributed by atoms with Gasteiger partial charge in [0, 0.05) is 42.1 Å². The number of nitrogens with zero attached hydrogens (tertiary/aromatic N) is 2. The topological polar surface area (TPSA) is 97.9 Å². The molecule has 0 aliphatic carbocycles. The summed E-state index contributed by atoms with van der Waals surface area (Å²) < 4.78 is 33.2. The first-order valence-corrected chi connectivity index (χ1v) is 11.4. The van der Waals surface area contributed by atoms with E-state index in [1.54, 1.807) is 0 Å². The lowest BCUT2D eigenvalue weighted by Crippen LogP contribution is -2.25. The molecular weight excluding hydrogens is 404 g/mol. The molecule has 2 aromatic carbocycles. The van der Waals surface area contributed by atoms with Crippen LogP contribution >= 0.6 is 0 Å². The van der Waals surface area contributed by atoms with Gasteiger partial charge in [-0.25, -0.2) is 4.79 Å². The molecule has 8 heteroatoms. The van der Waals surface area contributed by atoms with Gasteiger partial charge in [-0.3, -0.25) is 4.55 Å². The smallest absolute Gasteiger partial charge is 0.370 e. The summed E-state index contributed by atoms with van der Waals surface area (Å²) in [6, 6.07) is 15.7. The second-order valence-electron chi connectivity index (χ2n) is 7.51. The van der Waals surface area contributed by atoms with Crippen LogP contribution in [-0.2, 0) is 27.8 Å². The third-order valence-corrected chi connectivity index (χ3v) is 6.22. The van der Waals surface area contributed by atoms with Crippen molar-refractivity contribution >= 4 is 33.2 Å². The number of hydrogen-bond donors (Lipinski definition) is 2. The fourth-order valence-electron chi connectivity index (χ4n) is 4.18. The van der Waals surface area contributed by atoms with E-state index in [2.05, 4.69) is 4.90 Å². The second kappa shape index (κ2) is 8.04. The summed E-state index contributed by atoms with van der Waals surface area (Å²) in [7, 11) is -4.02. The molecule has 0 bridgehead atoms. The minimum atomic E-state index is -4.02. The number of fused-ring (bicyclic) bond motifs is 2. The summed E-state index contributed by atoms with van der Waals surface area (Å²) in [4.78, 5) is 13.5. The fraction of sp³-hybridized carbons (Fsp3) is 0.273. The van der Waals surface area contributed by atoms with Crippen LogP contribution in [0, 0.1) is 0 Å². The zero-order valence-electron chi connectivity index (χ0n) is 16.4. The van der Waals surface area contributed by atoms with Crippen LogP contribution in [0.25, 0.3) is 0 Å². The van der Waals surface area contributed by atoms with Gasteiger partial charge < -0.3 is 10.0 Å². The Morgan fingerprint density at radius 1 is 1.07 bits per heavy atom. The Balaban J connectivity index is 1.69. The van der Waals surface area contributed by atoms with Gasteiger partial charge in [-0.05, 0) is 18.1 Å². The number of aliphatic carboxylic acids is 1. The van der Waals surface area contributed by atoms with E-state index in [0.717, 1.165) is 33.9 Å². The van der Waals surface area contributed by atoms with E-state index >= 15 is 0 Å². The Hall–Kier alpha value is -2.97. The lowest BCUT2D eigenvalue weighted by atomic mass is 10.1. The molecule has 0 amide bonds. The SMILES string of the molecule is O=C(O)C[N+]1=C(C=C2Cc3ccccc3N2CCCS(=O)(=O)O)Cc2ccccc21. The molecule has 0 unspecified atom stereocenters. The van der Waals surface area contributed by atoms with E-state index in [0.29, 0.717) is 25.8 Å². The van der Waals surface area contributed by atoms with E-state index in [-0.39, 0.29) is 12.3 Å². The minimum Gasteiger partial charge on any atom is -0.477 e. The van der Waals surface area contributed by atoms with Gasteiger partial charge in [-0.2, -0.15) is 13.0 Å². The zero-order chi connectivity index (χ0) is 21.3.